The lowest BCUT2D eigenvalue weighted by Crippen LogP contribution is -2.43. The minimum Gasteiger partial charge on any atom is -0.490 e. The fourth-order valence-corrected chi connectivity index (χ4v) is 2.46. The largest absolute Gasteiger partial charge is 0.490 e. The van der Waals surface area contributed by atoms with Gasteiger partial charge in [-0.15, -0.1) is 0 Å². The highest BCUT2D eigenvalue weighted by Crippen LogP contribution is 2.30. The van der Waals surface area contributed by atoms with Gasteiger partial charge in [-0.05, 0) is 35.9 Å². The number of esters is 1. The molecule has 0 spiro atoms. The molecule has 2 amide bonds. The summed E-state index contributed by atoms with van der Waals surface area (Å²) >= 11 is 0. The number of hydrogen-bond donors (Lipinski definition) is 2. The lowest BCUT2D eigenvalue weighted by atomic mass is 10.2. The molecule has 3 rings (SSSR count). The summed E-state index contributed by atoms with van der Waals surface area (Å²) in [6.07, 6.45) is 3.56. The van der Waals surface area contributed by atoms with Gasteiger partial charge in [0.1, 0.15) is 0 Å². The number of amides is 2. The second kappa shape index (κ2) is 9.93. The molecule has 8 nitrogen and oxygen atoms in total. The highest BCUT2D eigenvalue weighted by atomic mass is 16.5. The molecule has 1 heterocycles. The van der Waals surface area contributed by atoms with Gasteiger partial charge in [-0.2, -0.15) is 0 Å². The first-order valence-electron chi connectivity index (χ1n) is 9.00. The Labute approximate surface area is 167 Å². The number of hydrogen-bond acceptors (Lipinski definition) is 6. The van der Waals surface area contributed by atoms with Gasteiger partial charge in [0.05, 0.1) is 13.2 Å². The molecule has 0 bridgehead atoms. The summed E-state index contributed by atoms with van der Waals surface area (Å²) in [6.45, 7) is 0.639. The van der Waals surface area contributed by atoms with Gasteiger partial charge in [0.2, 0.25) is 0 Å². The van der Waals surface area contributed by atoms with Gasteiger partial charge in [0, 0.05) is 18.1 Å². The van der Waals surface area contributed by atoms with E-state index in [-0.39, 0.29) is 0 Å². The van der Waals surface area contributed by atoms with Gasteiger partial charge < -0.3 is 14.2 Å². The Hall–Kier alpha value is -3.81. The molecule has 150 valence electrons. The number of ether oxygens (including phenoxy) is 3. The summed E-state index contributed by atoms with van der Waals surface area (Å²) in [7, 11) is 0. The zero-order valence-corrected chi connectivity index (χ0v) is 15.6. The summed E-state index contributed by atoms with van der Waals surface area (Å²) in [5, 5.41) is 0. The van der Waals surface area contributed by atoms with Crippen molar-refractivity contribution < 1.29 is 28.6 Å². The summed E-state index contributed by atoms with van der Waals surface area (Å²) < 4.78 is 16.0. The quantitative estimate of drug-likeness (QED) is 0.454. The number of nitrogens with one attached hydrogen (secondary N) is 2. The number of rotatable bonds is 5. The summed E-state index contributed by atoms with van der Waals surface area (Å²) in [6, 6.07) is 13.7. The average Bonchev–Trinajstić information content (AvgIpc) is 3.00. The van der Waals surface area contributed by atoms with Crippen molar-refractivity contribution in [3.8, 4) is 11.5 Å². The Morgan fingerprint density at radius 1 is 0.966 bits per heavy atom. The average molecular weight is 396 g/mol. The van der Waals surface area contributed by atoms with Gasteiger partial charge >= 0.3 is 5.97 Å². The van der Waals surface area contributed by atoms with E-state index in [9.17, 15) is 14.4 Å². The topological polar surface area (TPSA) is 103 Å². The molecule has 1 aliphatic heterocycles. The Kier molecular flexibility index (Phi) is 6.83. The Balaban J connectivity index is 1.43. The molecule has 2 aromatic carbocycles. The van der Waals surface area contributed by atoms with E-state index in [0.29, 0.717) is 30.3 Å². The number of fused-ring (bicyclic) bond motifs is 1. The van der Waals surface area contributed by atoms with Crippen LogP contribution in [0.15, 0.2) is 54.6 Å². The lowest BCUT2D eigenvalue weighted by Gasteiger charge is -2.08. The molecule has 0 radical (unpaired) electrons. The van der Waals surface area contributed by atoms with E-state index >= 15 is 0 Å². The van der Waals surface area contributed by atoms with Crippen LogP contribution in [-0.4, -0.2) is 37.6 Å². The zero-order valence-electron chi connectivity index (χ0n) is 15.6. The standard InChI is InChI=1S/C21H20N2O6/c24-19(22-23-21(26)16-5-2-1-3-6-16)14-29-20(25)10-8-15-7-9-17-18(13-15)28-12-4-11-27-17/h1-3,5-10,13H,4,11-12,14H2,(H,22,24)(H,23,26)/b10-8+. The van der Waals surface area contributed by atoms with Gasteiger partial charge in [0.25, 0.3) is 11.8 Å². The van der Waals surface area contributed by atoms with Crippen LogP contribution in [0.3, 0.4) is 0 Å². The Morgan fingerprint density at radius 3 is 2.52 bits per heavy atom. The Morgan fingerprint density at radius 2 is 1.72 bits per heavy atom. The lowest BCUT2D eigenvalue weighted by molar-refractivity contribution is -0.144. The summed E-state index contributed by atoms with van der Waals surface area (Å²) in [5.74, 6) is -0.546. The van der Waals surface area contributed by atoms with Crippen molar-refractivity contribution in [3.05, 3.63) is 65.7 Å². The van der Waals surface area contributed by atoms with Crippen LogP contribution >= 0.6 is 0 Å². The van der Waals surface area contributed by atoms with Crippen molar-refractivity contribution in [1.29, 1.82) is 0 Å². The second-order valence-electron chi connectivity index (χ2n) is 6.07. The minimum atomic E-state index is -0.693. The predicted octanol–water partition coefficient (Wildman–Crippen LogP) is 1.87. The van der Waals surface area contributed by atoms with Gasteiger partial charge in [-0.1, -0.05) is 24.3 Å². The van der Waals surface area contributed by atoms with Crippen molar-refractivity contribution >= 4 is 23.9 Å². The van der Waals surface area contributed by atoms with E-state index in [4.69, 9.17) is 14.2 Å². The van der Waals surface area contributed by atoms with Crippen LogP contribution in [0.4, 0.5) is 0 Å². The maximum Gasteiger partial charge on any atom is 0.331 e. The third-order valence-corrected chi connectivity index (χ3v) is 3.88. The molecular weight excluding hydrogens is 376 g/mol. The monoisotopic (exact) mass is 396 g/mol. The molecule has 8 heteroatoms. The molecule has 0 saturated carbocycles. The zero-order chi connectivity index (χ0) is 20.5. The molecule has 0 aliphatic carbocycles. The van der Waals surface area contributed by atoms with Crippen molar-refractivity contribution in [3.63, 3.8) is 0 Å². The summed E-state index contributed by atoms with van der Waals surface area (Å²) in [4.78, 5) is 35.3. The van der Waals surface area contributed by atoms with Gasteiger partial charge in [-0.3, -0.25) is 20.4 Å². The number of carbonyl (C=O) groups excluding carboxylic acids is 3. The van der Waals surface area contributed by atoms with Crippen LogP contribution in [0.5, 0.6) is 11.5 Å². The second-order valence-corrected chi connectivity index (χ2v) is 6.07. The molecule has 1 aliphatic rings. The van der Waals surface area contributed by atoms with Crippen LogP contribution in [0.25, 0.3) is 6.08 Å². The van der Waals surface area contributed by atoms with Crippen LogP contribution in [0.2, 0.25) is 0 Å². The first kappa shape index (κ1) is 19.9. The van der Waals surface area contributed by atoms with Crippen molar-refractivity contribution in [2.75, 3.05) is 19.8 Å². The molecule has 29 heavy (non-hydrogen) atoms. The molecular formula is C21H20N2O6. The molecule has 2 N–H and O–H groups in total. The van der Waals surface area contributed by atoms with Crippen molar-refractivity contribution in [2.45, 2.75) is 6.42 Å². The van der Waals surface area contributed by atoms with E-state index in [2.05, 4.69) is 10.9 Å². The minimum absolute atomic E-state index is 0.392. The van der Waals surface area contributed by atoms with Crippen LogP contribution in [-0.2, 0) is 14.3 Å². The van der Waals surface area contributed by atoms with Crippen LogP contribution in [0.1, 0.15) is 22.3 Å². The fraction of sp³-hybridized carbons (Fsp3) is 0.190. The highest BCUT2D eigenvalue weighted by Gasteiger charge is 2.11. The first-order valence-corrected chi connectivity index (χ1v) is 9.00. The number of carbonyl (C=O) groups is 3. The summed E-state index contributed by atoms with van der Waals surface area (Å²) in [5.41, 5.74) is 5.54. The van der Waals surface area contributed by atoms with E-state index in [1.165, 1.54) is 6.08 Å². The normalized spacial score (nSPS) is 12.7. The first-order chi connectivity index (χ1) is 14.1. The molecule has 0 atom stereocenters. The molecule has 0 aromatic heterocycles. The van der Waals surface area contributed by atoms with Gasteiger partial charge in [-0.25, -0.2) is 4.79 Å². The molecule has 0 unspecified atom stereocenters. The third-order valence-electron chi connectivity index (χ3n) is 3.88. The molecule has 2 aromatic rings. The SMILES string of the molecule is O=C(COC(=O)/C=C/c1ccc2c(c1)OCCCO2)NNC(=O)c1ccccc1. The molecule has 0 fully saturated rings. The van der Waals surface area contributed by atoms with E-state index in [1.807, 2.05) is 0 Å². The van der Waals surface area contributed by atoms with E-state index < -0.39 is 24.4 Å². The van der Waals surface area contributed by atoms with Crippen LogP contribution < -0.4 is 20.3 Å². The highest BCUT2D eigenvalue weighted by molar-refractivity contribution is 5.95. The van der Waals surface area contributed by atoms with Gasteiger partial charge in [0.15, 0.2) is 18.1 Å². The smallest absolute Gasteiger partial charge is 0.331 e. The fourth-order valence-electron chi connectivity index (χ4n) is 2.46. The van der Waals surface area contributed by atoms with Crippen LogP contribution in [0, 0.1) is 0 Å². The van der Waals surface area contributed by atoms with Crippen molar-refractivity contribution in [2.24, 2.45) is 0 Å². The predicted molar refractivity (Wildman–Crippen MR) is 104 cm³/mol. The number of benzene rings is 2. The van der Waals surface area contributed by atoms with E-state index in [0.717, 1.165) is 12.0 Å². The number of hydrazine groups is 1. The maximum absolute atomic E-state index is 11.8. The van der Waals surface area contributed by atoms with E-state index in [1.54, 1.807) is 54.6 Å². The Bertz CT molecular complexity index is 911. The maximum atomic E-state index is 11.8. The van der Waals surface area contributed by atoms with Crippen molar-refractivity contribution in [1.82, 2.24) is 10.9 Å². The molecule has 0 saturated heterocycles. The third kappa shape index (κ3) is 6.10.